The van der Waals surface area contributed by atoms with Gasteiger partial charge in [0.25, 0.3) is 0 Å². The summed E-state index contributed by atoms with van der Waals surface area (Å²) in [5.41, 5.74) is 1.20. The molecule has 23 heavy (non-hydrogen) atoms. The van der Waals surface area contributed by atoms with Crippen molar-refractivity contribution in [2.24, 2.45) is 0 Å². The van der Waals surface area contributed by atoms with Crippen molar-refractivity contribution in [3.8, 4) is 11.5 Å². The zero-order valence-corrected chi connectivity index (χ0v) is 14.3. The molecular formula is C18H27NO4. The fourth-order valence-electron chi connectivity index (χ4n) is 3.20. The fourth-order valence-corrected chi connectivity index (χ4v) is 3.20. The summed E-state index contributed by atoms with van der Waals surface area (Å²) in [6, 6.07) is 6.32. The summed E-state index contributed by atoms with van der Waals surface area (Å²) >= 11 is 0. The number of amides is 1. The monoisotopic (exact) mass is 321 g/mol. The average molecular weight is 321 g/mol. The van der Waals surface area contributed by atoms with Gasteiger partial charge in [-0.2, -0.15) is 0 Å². The Kier molecular flexibility index (Phi) is 6.71. The van der Waals surface area contributed by atoms with Crippen LogP contribution < -0.4 is 9.47 Å². The topological polar surface area (TPSA) is 48.0 Å². The van der Waals surface area contributed by atoms with Crippen molar-refractivity contribution in [2.45, 2.75) is 38.1 Å². The summed E-state index contributed by atoms with van der Waals surface area (Å²) in [5, 5.41) is 0. The number of carbonyl (C=O) groups excluding carboxylic acids is 1. The third-order valence-corrected chi connectivity index (χ3v) is 4.43. The Hall–Kier alpha value is -1.75. The number of hydrogen-bond acceptors (Lipinski definition) is 4. The van der Waals surface area contributed by atoms with Crippen molar-refractivity contribution in [3.63, 3.8) is 0 Å². The minimum absolute atomic E-state index is 0.101. The first kappa shape index (κ1) is 17.6. The maximum atomic E-state index is 12.2. The lowest BCUT2D eigenvalue weighted by Gasteiger charge is -2.36. The van der Waals surface area contributed by atoms with E-state index in [9.17, 15) is 4.79 Å². The van der Waals surface area contributed by atoms with Crippen LogP contribution in [0, 0.1) is 0 Å². The normalized spacial score (nSPS) is 17.9. The highest BCUT2D eigenvalue weighted by atomic mass is 16.5. The number of rotatable bonds is 7. The van der Waals surface area contributed by atoms with E-state index in [1.165, 1.54) is 12.0 Å². The molecule has 1 aromatic carbocycles. The van der Waals surface area contributed by atoms with E-state index in [2.05, 4.69) is 6.07 Å². The van der Waals surface area contributed by atoms with Gasteiger partial charge in [-0.25, -0.2) is 0 Å². The first-order valence-electron chi connectivity index (χ1n) is 8.19. The SMILES string of the molecule is COCC(=O)N1CCCCC1CCc1ccc(OC)c(OC)c1. The Balaban J connectivity index is 1.99. The summed E-state index contributed by atoms with van der Waals surface area (Å²) in [6.07, 6.45) is 5.23. The zero-order valence-electron chi connectivity index (χ0n) is 14.3. The number of ether oxygens (including phenoxy) is 3. The van der Waals surface area contributed by atoms with Crippen LogP contribution in [-0.2, 0) is 16.0 Å². The summed E-state index contributed by atoms with van der Waals surface area (Å²) in [4.78, 5) is 14.2. The molecule has 0 radical (unpaired) electrons. The van der Waals surface area contributed by atoms with Gasteiger partial charge in [-0.05, 0) is 49.8 Å². The molecular weight excluding hydrogens is 294 g/mol. The molecule has 0 aromatic heterocycles. The van der Waals surface area contributed by atoms with Crippen LogP contribution in [-0.4, -0.2) is 51.3 Å². The second kappa shape index (κ2) is 8.77. The largest absolute Gasteiger partial charge is 0.493 e. The number of hydrogen-bond donors (Lipinski definition) is 0. The van der Waals surface area contributed by atoms with Crippen LogP contribution in [0.3, 0.4) is 0 Å². The van der Waals surface area contributed by atoms with E-state index in [4.69, 9.17) is 14.2 Å². The van der Waals surface area contributed by atoms with Gasteiger partial charge in [-0.1, -0.05) is 6.07 Å². The molecule has 0 N–H and O–H groups in total. The maximum absolute atomic E-state index is 12.2. The highest BCUT2D eigenvalue weighted by molar-refractivity contribution is 5.77. The summed E-state index contributed by atoms with van der Waals surface area (Å²) in [7, 11) is 4.85. The Bertz CT molecular complexity index is 518. The van der Waals surface area contributed by atoms with Gasteiger partial charge in [0, 0.05) is 19.7 Å². The molecule has 0 aliphatic carbocycles. The lowest BCUT2D eigenvalue weighted by Crippen LogP contribution is -2.45. The Labute approximate surface area is 138 Å². The Morgan fingerprint density at radius 1 is 1.17 bits per heavy atom. The third-order valence-electron chi connectivity index (χ3n) is 4.43. The van der Waals surface area contributed by atoms with Crippen LogP contribution in [0.25, 0.3) is 0 Å². The smallest absolute Gasteiger partial charge is 0.248 e. The molecule has 1 aromatic rings. The molecule has 0 spiro atoms. The number of aryl methyl sites for hydroxylation is 1. The maximum Gasteiger partial charge on any atom is 0.248 e. The van der Waals surface area contributed by atoms with Crippen LogP contribution in [0.1, 0.15) is 31.2 Å². The van der Waals surface area contributed by atoms with Gasteiger partial charge in [0.2, 0.25) is 5.91 Å². The number of carbonyl (C=O) groups is 1. The fraction of sp³-hybridized carbons (Fsp3) is 0.611. The lowest BCUT2D eigenvalue weighted by atomic mass is 9.95. The van der Waals surface area contributed by atoms with E-state index < -0.39 is 0 Å². The standard InChI is InChI=1S/C18H27NO4/c1-21-13-18(20)19-11-5-4-6-15(19)9-7-14-8-10-16(22-2)17(12-14)23-3/h8,10,12,15H,4-7,9,11,13H2,1-3H3. The van der Waals surface area contributed by atoms with Gasteiger partial charge in [-0.3, -0.25) is 4.79 Å². The first-order valence-corrected chi connectivity index (χ1v) is 8.19. The molecule has 1 aliphatic rings. The van der Waals surface area contributed by atoms with Crippen LogP contribution in [0.4, 0.5) is 0 Å². The minimum Gasteiger partial charge on any atom is -0.493 e. The van der Waals surface area contributed by atoms with Gasteiger partial charge in [0.05, 0.1) is 14.2 Å². The number of likely N-dealkylation sites (tertiary alicyclic amines) is 1. The highest BCUT2D eigenvalue weighted by Crippen LogP contribution is 2.29. The van der Waals surface area contributed by atoms with Gasteiger partial charge in [-0.15, -0.1) is 0 Å². The molecule has 128 valence electrons. The summed E-state index contributed by atoms with van der Waals surface area (Å²) < 4.78 is 15.6. The third kappa shape index (κ3) is 4.61. The van der Waals surface area contributed by atoms with E-state index in [1.54, 1.807) is 21.3 Å². The van der Waals surface area contributed by atoms with Crippen LogP contribution in [0.5, 0.6) is 11.5 Å². The van der Waals surface area contributed by atoms with E-state index in [0.717, 1.165) is 43.7 Å². The van der Waals surface area contributed by atoms with E-state index in [1.807, 2.05) is 17.0 Å². The molecule has 1 atom stereocenters. The van der Waals surface area contributed by atoms with Gasteiger partial charge in [0.15, 0.2) is 11.5 Å². The van der Waals surface area contributed by atoms with Crippen molar-refractivity contribution >= 4 is 5.91 Å². The molecule has 1 aliphatic heterocycles. The molecule has 1 unspecified atom stereocenters. The van der Waals surface area contributed by atoms with Crippen LogP contribution in [0.2, 0.25) is 0 Å². The second-order valence-corrected chi connectivity index (χ2v) is 5.90. The van der Waals surface area contributed by atoms with Crippen molar-refractivity contribution in [3.05, 3.63) is 23.8 Å². The van der Waals surface area contributed by atoms with Gasteiger partial charge in [0.1, 0.15) is 6.61 Å². The molecule has 1 fully saturated rings. The predicted octanol–water partition coefficient (Wildman–Crippen LogP) is 2.66. The molecule has 2 rings (SSSR count). The Morgan fingerprint density at radius 3 is 2.65 bits per heavy atom. The summed E-state index contributed by atoms with van der Waals surface area (Å²) in [6.45, 7) is 1.02. The average Bonchev–Trinajstić information content (AvgIpc) is 2.60. The number of methoxy groups -OCH3 is 3. The summed E-state index contributed by atoms with van der Waals surface area (Å²) in [5.74, 6) is 1.59. The quantitative estimate of drug-likeness (QED) is 0.775. The molecule has 5 nitrogen and oxygen atoms in total. The molecule has 5 heteroatoms. The van der Waals surface area contributed by atoms with E-state index >= 15 is 0 Å². The number of nitrogens with zero attached hydrogens (tertiary/aromatic N) is 1. The van der Waals surface area contributed by atoms with Crippen LogP contribution >= 0.6 is 0 Å². The van der Waals surface area contributed by atoms with Gasteiger partial charge < -0.3 is 19.1 Å². The number of piperidine rings is 1. The molecule has 1 saturated heterocycles. The number of benzene rings is 1. The van der Waals surface area contributed by atoms with Crippen molar-refractivity contribution in [1.29, 1.82) is 0 Å². The van der Waals surface area contributed by atoms with Crippen molar-refractivity contribution < 1.29 is 19.0 Å². The van der Waals surface area contributed by atoms with E-state index in [-0.39, 0.29) is 12.5 Å². The second-order valence-electron chi connectivity index (χ2n) is 5.90. The molecule has 0 saturated carbocycles. The van der Waals surface area contributed by atoms with Gasteiger partial charge >= 0.3 is 0 Å². The lowest BCUT2D eigenvalue weighted by molar-refractivity contribution is -0.139. The minimum atomic E-state index is 0.101. The van der Waals surface area contributed by atoms with Crippen molar-refractivity contribution in [1.82, 2.24) is 4.90 Å². The molecule has 0 bridgehead atoms. The Morgan fingerprint density at radius 2 is 1.96 bits per heavy atom. The molecule has 1 amide bonds. The predicted molar refractivity (Wildman–Crippen MR) is 89.1 cm³/mol. The first-order chi connectivity index (χ1) is 11.2. The van der Waals surface area contributed by atoms with E-state index in [0.29, 0.717) is 6.04 Å². The highest BCUT2D eigenvalue weighted by Gasteiger charge is 2.26. The molecule has 1 heterocycles. The zero-order chi connectivity index (χ0) is 16.7. The van der Waals surface area contributed by atoms with Crippen molar-refractivity contribution in [2.75, 3.05) is 34.5 Å². The van der Waals surface area contributed by atoms with Crippen LogP contribution in [0.15, 0.2) is 18.2 Å².